The Bertz CT molecular complexity index is 609. The average Bonchev–Trinajstić information content (AvgIpc) is 3.11. The molecule has 2 rings (SSSR count). The van der Waals surface area contributed by atoms with Crippen molar-refractivity contribution in [2.24, 2.45) is 0 Å². The molecule has 0 radical (unpaired) electrons. The van der Waals surface area contributed by atoms with Gasteiger partial charge < -0.3 is 5.32 Å². The molecule has 1 fully saturated rings. The minimum Gasteiger partial charge on any atom is -0.352 e. The van der Waals surface area contributed by atoms with Crippen LogP contribution in [0.15, 0.2) is 24.3 Å². The molecule has 0 saturated heterocycles. The number of hydrogen-bond acceptors (Lipinski definition) is 3. The first-order valence-electron chi connectivity index (χ1n) is 6.65. The molecule has 0 unspecified atom stereocenters. The zero-order valence-corrected chi connectivity index (χ0v) is 12.8. The second-order valence-corrected chi connectivity index (χ2v) is 7.22. The van der Waals surface area contributed by atoms with Crippen LogP contribution in [-0.4, -0.2) is 32.7 Å². The molecule has 1 aromatic rings. The van der Waals surface area contributed by atoms with Gasteiger partial charge in [-0.1, -0.05) is 12.1 Å². The van der Waals surface area contributed by atoms with Crippen LogP contribution in [0.5, 0.6) is 0 Å². The third kappa shape index (κ3) is 3.50. The predicted molar refractivity (Wildman–Crippen MR) is 79.1 cm³/mol. The van der Waals surface area contributed by atoms with E-state index >= 15 is 0 Å². The fraction of sp³-hybridized carbons (Fsp3) is 0.500. The molecule has 1 saturated carbocycles. The SMILES string of the molecule is Cc1cccc(N([C@@H](C)C(=O)NC2CC2)S(C)(=O)=O)c1. The third-order valence-corrected chi connectivity index (χ3v) is 4.51. The predicted octanol–water partition coefficient (Wildman–Crippen LogP) is 1.43. The maximum Gasteiger partial charge on any atom is 0.243 e. The Morgan fingerprint density at radius 3 is 2.55 bits per heavy atom. The van der Waals surface area contributed by atoms with E-state index in [0.29, 0.717) is 5.69 Å². The van der Waals surface area contributed by atoms with Gasteiger partial charge in [0, 0.05) is 6.04 Å². The highest BCUT2D eigenvalue weighted by molar-refractivity contribution is 7.92. The van der Waals surface area contributed by atoms with Crippen molar-refractivity contribution in [1.29, 1.82) is 0 Å². The summed E-state index contributed by atoms with van der Waals surface area (Å²) in [7, 11) is -3.52. The highest BCUT2D eigenvalue weighted by Crippen LogP contribution is 2.23. The number of hydrogen-bond donors (Lipinski definition) is 1. The zero-order valence-electron chi connectivity index (χ0n) is 12.0. The van der Waals surface area contributed by atoms with E-state index in [1.54, 1.807) is 25.1 Å². The van der Waals surface area contributed by atoms with Gasteiger partial charge >= 0.3 is 0 Å². The van der Waals surface area contributed by atoms with Crippen LogP contribution in [0.4, 0.5) is 5.69 Å². The number of benzene rings is 1. The van der Waals surface area contributed by atoms with E-state index in [4.69, 9.17) is 0 Å². The van der Waals surface area contributed by atoms with E-state index in [0.717, 1.165) is 24.7 Å². The first-order valence-corrected chi connectivity index (χ1v) is 8.50. The van der Waals surface area contributed by atoms with Gasteiger partial charge in [0.1, 0.15) is 6.04 Å². The van der Waals surface area contributed by atoms with Crippen LogP contribution in [0, 0.1) is 6.92 Å². The maximum atomic E-state index is 12.1. The summed E-state index contributed by atoms with van der Waals surface area (Å²) in [6.07, 6.45) is 3.07. The topological polar surface area (TPSA) is 66.5 Å². The van der Waals surface area contributed by atoms with Gasteiger partial charge in [0.25, 0.3) is 0 Å². The minimum atomic E-state index is -3.52. The molecule has 1 atom stereocenters. The summed E-state index contributed by atoms with van der Waals surface area (Å²) in [6, 6.07) is 6.60. The molecule has 6 heteroatoms. The van der Waals surface area contributed by atoms with Gasteiger partial charge in [0.2, 0.25) is 15.9 Å². The molecule has 0 bridgehead atoms. The lowest BCUT2D eigenvalue weighted by molar-refractivity contribution is -0.121. The van der Waals surface area contributed by atoms with E-state index in [-0.39, 0.29) is 11.9 Å². The summed E-state index contributed by atoms with van der Waals surface area (Å²) in [5, 5.41) is 2.85. The monoisotopic (exact) mass is 296 g/mol. The van der Waals surface area contributed by atoms with Crippen molar-refractivity contribution >= 4 is 21.6 Å². The van der Waals surface area contributed by atoms with Crippen molar-refractivity contribution in [3.63, 3.8) is 0 Å². The first kappa shape index (κ1) is 14.8. The van der Waals surface area contributed by atoms with Crippen molar-refractivity contribution in [3.8, 4) is 0 Å². The van der Waals surface area contributed by atoms with Gasteiger partial charge in [-0.2, -0.15) is 0 Å². The van der Waals surface area contributed by atoms with Crippen LogP contribution in [0.25, 0.3) is 0 Å². The van der Waals surface area contributed by atoms with Crippen LogP contribution in [-0.2, 0) is 14.8 Å². The Labute approximate surface area is 120 Å². The Hall–Kier alpha value is -1.56. The third-order valence-electron chi connectivity index (χ3n) is 3.27. The van der Waals surface area contributed by atoms with Crippen molar-refractivity contribution in [1.82, 2.24) is 5.32 Å². The van der Waals surface area contributed by atoms with Crippen LogP contribution in [0.2, 0.25) is 0 Å². The van der Waals surface area contributed by atoms with E-state index in [1.807, 2.05) is 13.0 Å². The van der Waals surface area contributed by atoms with Crippen LogP contribution in [0.3, 0.4) is 0 Å². The summed E-state index contributed by atoms with van der Waals surface area (Å²) in [6.45, 7) is 3.50. The number of sulfonamides is 1. The second kappa shape index (κ2) is 5.44. The van der Waals surface area contributed by atoms with Crippen molar-refractivity contribution in [3.05, 3.63) is 29.8 Å². The highest BCUT2D eigenvalue weighted by Gasteiger charge is 2.32. The van der Waals surface area contributed by atoms with Crippen LogP contribution >= 0.6 is 0 Å². The fourth-order valence-electron chi connectivity index (χ4n) is 2.12. The summed E-state index contributed by atoms with van der Waals surface area (Å²) in [4.78, 5) is 12.1. The van der Waals surface area contributed by atoms with Crippen molar-refractivity contribution < 1.29 is 13.2 Å². The molecule has 20 heavy (non-hydrogen) atoms. The van der Waals surface area contributed by atoms with E-state index in [2.05, 4.69) is 5.32 Å². The number of amides is 1. The molecule has 1 aliphatic carbocycles. The molecular weight excluding hydrogens is 276 g/mol. The molecule has 5 nitrogen and oxygen atoms in total. The molecule has 1 amide bonds. The smallest absolute Gasteiger partial charge is 0.243 e. The molecule has 1 aromatic carbocycles. The number of carbonyl (C=O) groups is 1. The van der Waals surface area contributed by atoms with Gasteiger partial charge in [-0.3, -0.25) is 9.10 Å². The van der Waals surface area contributed by atoms with Crippen molar-refractivity contribution in [2.75, 3.05) is 10.6 Å². The molecule has 0 heterocycles. The molecule has 0 spiro atoms. The number of nitrogens with zero attached hydrogens (tertiary/aromatic N) is 1. The van der Waals surface area contributed by atoms with Gasteiger partial charge in [-0.25, -0.2) is 8.42 Å². The number of aryl methyl sites for hydroxylation is 1. The van der Waals surface area contributed by atoms with E-state index in [1.165, 1.54) is 4.31 Å². The molecular formula is C14H20N2O3S. The lowest BCUT2D eigenvalue weighted by Gasteiger charge is -2.28. The number of anilines is 1. The Balaban J connectivity index is 2.30. The Morgan fingerprint density at radius 1 is 1.40 bits per heavy atom. The Morgan fingerprint density at radius 2 is 2.05 bits per heavy atom. The summed E-state index contributed by atoms with van der Waals surface area (Å²) in [5.41, 5.74) is 1.47. The molecule has 0 aliphatic heterocycles. The average molecular weight is 296 g/mol. The van der Waals surface area contributed by atoms with Gasteiger partial charge in [0.05, 0.1) is 11.9 Å². The largest absolute Gasteiger partial charge is 0.352 e. The van der Waals surface area contributed by atoms with Gasteiger partial charge in [-0.15, -0.1) is 0 Å². The molecule has 1 aliphatic rings. The maximum absolute atomic E-state index is 12.1. The second-order valence-electron chi connectivity index (χ2n) is 5.36. The lowest BCUT2D eigenvalue weighted by Crippen LogP contribution is -2.48. The molecule has 1 N–H and O–H groups in total. The van der Waals surface area contributed by atoms with E-state index in [9.17, 15) is 13.2 Å². The number of rotatable bonds is 5. The summed E-state index contributed by atoms with van der Waals surface area (Å²) in [5.74, 6) is -0.251. The van der Waals surface area contributed by atoms with Crippen molar-refractivity contribution in [2.45, 2.75) is 38.8 Å². The zero-order chi connectivity index (χ0) is 14.9. The lowest BCUT2D eigenvalue weighted by atomic mass is 10.2. The fourth-order valence-corrected chi connectivity index (χ4v) is 3.29. The minimum absolute atomic E-state index is 0.212. The first-order chi connectivity index (χ1) is 9.29. The van der Waals surface area contributed by atoms with Gasteiger partial charge in [0.15, 0.2) is 0 Å². The highest BCUT2D eigenvalue weighted by atomic mass is 32.2. The molecule has 0 aromatic heterocycles. The van der Waals surface area contributed by atoms with Crippen LogP contribution < -0.4 is 9.62 Å². The normalized spacial score (nSPS) is 16.6. The standard InChI is InChI=1S/C14H20N2O3S/c1-10-5-4-6-13(9-10)16(20(3,18)19)11(2)14(17)15-12-7-8-12/h4-6,9,11-12H,7-8H2,1-3H3,(H,15,17)/t11-/m0/s1. The van der Waals surface area contributed by atoms with E-state index < -0.39 is 16.1 Å². The number of nitrogens with one attached hydrogen (secondary N) is 1. The Kier molecular flexibility index (Phi) is 4.04. The van der Waals surface area contributed by atoms with Gasteiger partial charge in [-0.05, 0) is 44.4 Å². The quantitative estimate of drug-likeness (QED) is 0.894. The molecule has 110 valence electrons. The summed E-state index contributed by atoms with van der Waals surface area (Å²) < 4.78 is 25.3. The van der Waals surface area contributed by atoms with Crippen LogP contribution in [0.1, 0.15) is 25.3 Å². The summed E-state index contributed by atoms with van der Waals surface area (Å²) >= 11 is 0. The number of carbonyl (C=O) groups excluding carboxylic acids is 1.